The number of hydrogen-bond donors (Lipinski definition) is 1. The first-order chi connectivity index (χ1) is 11.3. The minimum Gasteiger partial charge on any atom is -0.378 e. The highest BCUT2D eigenvalue weighted by molar-refractivity contribution is 5.23. The summed E-state index contributed by atoms with van der Waals surface area (Å²) in [6.45, 7) is 3.13. The predicted octanol–water partition coefficient (Wildman–Crippen LogP) is 1.69. The molecule has 2 aromatic rings. The Morgan fingerprint density at radius 2 is 2.26 bits per heavy atom. The van der Waals surface area contributed by atoms with Gasteiger partial charge >= 0.3 is 0 Å². The summed E-state index contributed by atoms with van der Waals surface area (Å²) in [6.07, 6.45) is 6.68. The molecule has 4 heterocycles. The molecule has 0 aliphatic carbocycles. The molecule has 0 amide bonds. The molecule has 2 fully saturated rings. The van der Waals surface area contributed by atoms with E-state index in [4.69, 9.17) is 9.47 Å². The molecule has 2 aliphatic heterocycles. The smallest absolute Gasteiger partial charge is 0.153 e. The largest absolute Gasteiger partial charge is 0.378 e. The molecule has 122 valence electrons. The molecule has 0 bridgehead atoms. The fourth-order valence-electron chi connectivity index (χ4n) is 3.46. The zero-order valence-corrected chi connectivity index (χ0v) is 13.1. The van der Waals surface area contributed by atoms with E-state index in [0.717, 1.165) is 57.1 Å². The minimum atomic E-state index is -0.0584. The molecule has 1 spiro atoms. The maximum atomic E-state index is 5.99. The van der Waals surface area contributed by atoms with Crippen LogP contribution in [0.1, 0.15) is 25.0 Å². The lowest BCUT2D eigenvalue weighted by Crippen LogP contribution is -2.47. The molecule has 2 saturated heterocycles. The van der Waals surface area contributed by atoms with Crippen molar-refractivity contribution in [2.24, 2.45) is 0 Å². The quantitative estimate of drug-likeness (QED) is 0.930. The van der Waals surface area contributed by atoms with Crippen LogP contribution >= 0.6 is 0 Å². The highest BCUT2D eigenvalue weighted by atomic mass is 16.6. The first kappa shape index (κ1) is 14.8. The van der Waals surface area contributed by atoms with Gasteiger partial charge in [0.25, 0.3) is 0 Å². The van der Waals surface area contributed by atoms with Crippen molar-refractivity contribution in [2.75, 3.05) is 19.8 Å². The molecule has 2 atom stereocenters. The van der Waals surface area contributed by atoms with Crippen molar-refractivity contribution in [1.82, 2.24) is 20.1 Å². The van der Waals surface area contributed by atoms with E-state index in [9.17, 15) is 0 Å². The Bertz CT molecular complexity index is 637. The third kappa shape index (κ3) is 3.15. The van der Waals surface area contributed by atoms with E-state index >= 15 is 0 Å². The number of rotatable bonds is 4. The Kier molecular flexibility index (Phi) is 4.11. The first-order valence-corrected chi connectivity index (χ1v) is 8.24. The maximum Gasteiger partial charge on any atom is 0.153 e. The van der Waals surface area contributed by atoms with E-state index in [1.54, 1.807) is 6.20 Å². The van der Waals surface area contributed by atoms with Crippen LogP contribution in [0.4, 0.5) is 0 Å². The fraction of sp³-hybridized carbons (Fsp3) is 0.529. The van der Waals surface area contributed by atoms with E-state index in [0.29, 0.717) is 6.04 Å². The van der Waals surface area contributed by atoms with Crippen LogP contribution in [0.3, 0.4) is 0 Å². The summed E-state index contributed by atoms with van der Waals surface area (Å²) >= 11 is 0. The van der Waals surface area contributed by atoms with Crippen LogP contribution in [-0.4, -0.2) is 46.2 Å². The Morgan fingerprint density at radius 3 is 3.09 bits per heavy atom. The van der Waals surface area contributed by atoms with Crippen molar-refractivity contribution in [3.63, 3.8) is 0 Å². The first-order valence-electron chi connectivity index (χ1n) is 8.24. The molecule has 23 heavy (non-hydrogen) atoms. The zero-order chi connectivity index (χ0) is 15.5. The third-order valence-corrected chi connectivity index (χ3v) is 4.72. The van der Waals surface area contributed by atoms with Crippen LogP contribution in [0.25, 0.3) is 5.82 Å². The molecule has 4 rings (SSSR count). The number of nitrogens with zero attached hydrogens (tertiary/aromatic N) is 3. The Hall–Kier alpha value is -1.76. The van der Waals surface area contributed by atoms with E-state index < -0.39 is 0 Å². The summed E-state index contributed by atoms with van der Waals surface area (Å²) in [4.78, 5) is 4.37. The molecule has 0 radical (unpaired) electrons. The van der Waals surface area contributed by atoms with E-state index in [1.807, 2.05) is 35.1 Å². The van der Waals surface area contributed by atoms with Gasteiger partial charge in [-0.15, -0.1) is 0 Å². The number of ether oxygens (including phenoxy) is 2. The predicted molar refractivity (Wildman–Crippen MR) is 85.3 cm³/mol. The van der Waals surface area contributed by atoms with Crippen molar-refractivity contribution in [3.8, 4) is 5.82 Å². The lowest BCUT2D eigenvalue weighted by Gasteiger charge is -2.37. The summed E-state index contributed by atoms with van der Waals surface area (Å²) in [5.41, 5.74) is 1.06. The summed E-state index contributed by atoms with van der Waals surface area (Å²) in [7, 11) is 0. The van der Waals surface area contributed by atoms with Crippen LogP contribution in [0.15, 0.2) is 36.7 Å². The van der Waals surface area contributed by atoms with Gasteiger partial charge in [0.15, 0.2) is 5.82 Å². The molecule has 2 unspecified atom stereocenters. The average Bonchev–Trinajstić information content (AvgIpc) is 3.24. The number of hydrogen-bond acceptors (Lipinski definition) is 5. The SMILES string of the molecule is c1ccc(-n2nccc2CNC2CCOC3(CCOC3)C2)nc1. The van der Waals surface area contributed by atoms with E-state index in [-0.39, 0.29) is 5.60 Å². The number of aromatic nitrogens is 3. The average molecular weight is 314 g/mol. The van der Waals surface area contributed by atoms with Crippen molar-refractivity contribution in [1.29, 1.82) is 0 Å². The van der Waals surface area contributed by atoms with Crippen molar-refractivity contribution < 1.29 is 9.47 Å². The van der Waals surface area contributed by atoms with Crippen LogP contribution in [0, 0.1) is 0 Å². The lowest BCUT2D eigenvalue weighted by atomic mass is 9.89. The van der Waals surface area contributed by atoms with Gasteiger partial charge < -0.3 is 14.8 Å². The van der Waals surface area contributed by atoms with Gasteiger partial charge in [-0.1, -0.05) is 6.07 Å². The van der Waals surface area contributed by atoms with Gasteiger partial charge in [0.05, 0.1) is 17.9 Å². The van der Waals surface area contributed by atoms with Gasteiger partial charge in [0.2, 0.25) is 0 Å². The lowest BCUT2D eigenvalue weighted by molar-refractivity contribution is -0.0895. The van der Waals surface area contributed by atoms with Gasteiger partial charge in [-0.3, -0.25) is 0 Å². The topological polar surface area (TPSA) is 61.2 Å². The van der Waals surface area contributed by atoms with E-state index in [1.165, 1.54) is 0 Å². The number of pyridine rings is 1. The van der Waals surface area contributed by atoms with Crippen molar-refractivity contribution >= 4 is 0 Å². The van der Waals surface area contributed by atoms with Gasteiger partial charge in [0.1, 0.15) is 0 Å². The van der Waals surface area contributed by atoms with Crippen molar-refractivity contribution in [2.45, 2.75) is 37.5 Å². The van der Waals surface area contributed by atoms with Gasteiger partial charge in [-0.05, 0) is 31.0 Å². The Morgan fingerprint density at radius 1 is 1.26 bits per heavy atom. The minimum absolute atomic E-state index is 0.0584. The highest BCUT2D eigenvalue weighted by Crippen LogP contribution is 2.32. The second-order valence-electron chi connectivity index (χ2n) is 6.33. The van der Waals surface area contributed by atoms with Gasteiger partial charge in [-0.25, -0.2) is 9.67 Å². The van der Waals surface area contributed by atoms with Crippen LogP contribution in [0.5, 0.6) is 0 Å². The van der Waals surface area contributed by atoms with Crippen LogP contribution < -0.4 is 5.32 Å². The van der Waals surface area contributed by atoms with Gasteiger partial charge in [-0.2, -0.15) is 5.10 Å². The monoisotopic (exact) mass is 314 g/mol. The summed E-state index contributed by atoms with van der Waals surface area (Å²) in [5, 5.41) is 8.05. The molecule has 1 N–H and O–H groups in total. The molecule has 6 nitrogen and oxygen atoms in total. The molecular formula is C17H22N4O2. The van der Waals surface area contributed by atoms with Gasteiger partial charge in [0, 0.05) is 44.6 Å². The normalized spacial score (nSPS) is 27.6. The molecule has 0 saturated carbocycles. The highest BCUT2D eigenvalue weighted by Gasteiger charge is 2.40. The molecule has 6 heteroatoms. The fourth-order valence-corrected chi connectivity index (χ4v) is 3.46. The molecule has 0 aromatic carbocycles. The van der Waals surface area contributed by atoms with Crippen LogP contribution in [0.2, 0.25) is 0 Å². The Labute approximate surface area is 135 Å². The maximum absolute atomic E-state index is 5.99. The standard InChI is InChI=1S/C17H22N4O2/c1-2-7-18-16(3-1)21-15(4-8-20-21)12-19-14-5-9-23-17(11-14)6-10-22-13-17/h1-4,7-8,14,19H,5-6,9-13H2. The molecular weight excluding hydrogens is 292 g/mol. The summed E-state index contributed by atoms with van der Waals surface area (Å²) in [5.74, 6) is 0.849. The zero-order valence-electron chi connectivity index (χ0n) is 13.1. The second-order valence-corrected chi connectivity index (χ2v) is 6.33. The second kappa shape index (κ2) is 6.39. The summed E-state index contributed by atoms with van der Waals surface area (Å²) in [6, 6.07) is 8.35. The third-order valence-electron chi connectivity index (χ3n) is 4.72. The number of nitrogens with one attached hydrogen (secondary N) is 1. The Balaban J connectivity index is 1.41. The van der Waals surface area contributed by atoms with Crippen LogP contribution in [-0.2, 0) is 16.0 Å². The molecule has 2 aliphatic rings. The van der Waals surface area contributed by atoms with Crippen molar-refractivity contribution in [3.05, 3.63) is 42.4 Å². The van der Waals surface area contributed by atoms with E-state index in [2.05, 4.69) is 15.4 Å². The summed E-state index contributed by atoms with van der Waals surface area (Å²) < 4.78 is 13.4. The molecule has 2 aromatic heterocycles.